The second kappa shape index (κ2) is 5.64. The molecule has 0 spiro atoms. The third kappa shape index (κ3) is 3.30. The molecular formula is C12H19NOS. The molecule has 84 valence electrons. The number of thiophene rings is 1. The summed E-state index contributed by atoms with van der Waals surface area (Å²) in [6.45, 7) is 5.20. The number of nitrogens with one attached hydrogen (secondary N) is 1. The lowest BCUT2D eigenvalue weighted by molar-refractivity contribution is 0.0540. The first kappa shape index (κ1) is 11.1. The van der Waals surface area contributed by atoms with Crippen LogP contribution in [0.5, 0.6) is 0 Å². The van der Waals surface area contributed by atoms with Crippen molar-refractivity contribution >= 4 is 11.3 Å². The minimum absolute atomic E-state index is 0.471. The molecule has 3 heteroatoms. The molecule has 2 atom stereocenters. The summed E-state index contributed by atoms with van der Waals surface area (Å²) in [4.78, 5) is 0. The number of ether oxygens (including phenoxy) is 1. The van der Waals surface area contributed by atoms with Gasteiger partial charge in [0.15, 0.2) is 0 Å². The molecule has 2 rings (SSSR count). The Hall–Kier alpha value is -0.380. The predicted molar refractivity (Wildman–Crippen MR) is 64.3 cm³/mol. The van der Waals surface area contributed by atoms with Crippen LogP contribution in [0.3, 0.4) is 0 Å². The number of hydrogen-bond donors (Lipinski definition) is 1. The van der Waals surface area contributed by atoms with Crippen LogP contribution in [0.25, 0.3) is 0 Å². The Balaban J connectivity index is 1.73. The van der Waals surface area contributed by atoms with Crippen LogP contribution in [0.4, 0.5) is 0 Å². The van der Waals surface area contributed by atoms with E-state index in [1.807, 2.05) is 0 Å². The Kier molecular flexibility index (Phi) is 4.18. The van der Waals surface area contributed by atoms with E-state index in [1.165, 1.54) is 18.4 Å². The third-order valence-electron chi connectivity index (χ3n) is 3.01. The van der Waals surface area contributed by atoms with Gasteiger partial charge in [-0.2, -0.15) is 11.3 Å². The summed E-state index contributed by atoms with van der Waals surface area (Å²) in [5, 5.41) is 7.93. The van der Waals surface area contributed by atoms with Gasteiger partial charge in [0, 0.05) is 19.2 Å². The van der Waals surface area contributed by atoms with E-state index in [0.717, 1.165) is 19.8 Å². The molecule has 2 unspecified atom stereocenters. The van der Waals surface area contributed by atoms with E-state index in [1.54, 1.807) is 11.3 Å². The van der Waals surface area contributed by atoms with Crippen molar-refractivity contribution in [2.24, 2.45) is 5.92 Å². The second-order valence-corrected chi connectivity index (χ2v) is 5.05. The Morgan fingerprint density at radius 3 is 3.27 bits per heavy atom. The summed E-state index contributed by atoms with van der Waals surface area (Å²) in [6.07, 6.45) is 2.53. The molecule has 0 amide bonds. The predicted octanol–water partition coefficient (Wildman–Crippen LogP) is 2.83. The Bertz CT molecular complexity index is 267. The minimum Gasteiger partial charge on any atom is -0.381 e. The van der Waals surface area contributed by atoms with Gasteiger partial charge in [-0.05, 0) is 48.1 Å². The highest BCUT2D eigenvalue weighted by molar-refractivity contribution is 7.07. The van der Waals surface area contributed by atoms with E-state index >= 15 is 0 Å². The molecule has 1 aromatic rings. The highest BCUT2D eigenvalue weighted by atomic mass is 32.1. The molecule has 0 saturated carbocycles. The van der Waals surface area contributed by atoms with E-state index in [2.05, 4.69) is 29.1 Å². The van der Waals surface area contributed by atoms with Gasteiger partial charge in [-0.3, -0.25) is 0 Å². The minimum atomic E-state index is 0.471. The number of rotatable bonds is 4. The molecular weight excluding hydrogens is 206 g/mol. The van der Waals surface area contributed by atoms with Crippen molar-refractivity contribution in [1.29, 1.82) is 0 Å². The Labute approximate surface area is 95.6 Å². The Morgan fingerprint density at radius 2 is 2.60 bits per heavy atom. The zero-order valence-corrected chi connectivity index (χ0v) is 10.1. The van der Waals surface area contributed by atoms with Crippen molar-refractivity contribution < 1.29 is 4.74 Å². The van der Waals surface area contributed by atoms with Crippen LogP contribution in [0, 0.1) is 5.92 Å². The highest BCUT2D eigenvalue weighted by Crippen LogP contribution is 2.17. The van der Waals surface area contributed by atoms with Crippen LogP contribution >= 0.6 is 11.3 Å². The van der Waals surface area contributed by atoms with E-state index in [0.29, 0.717) is 12.0 Å². The number of hydrogen-bond acceptors (Lipinski definition) is 3. The zero-order valence-electron chi connectivity index (χ0n) is 9.24. The van der Waals surface area contributed by atoms with Crippen molar-refractivity contribution in [2.75, 3.05) is 19.8 Å². The van der Waals surface area contributed by atoms with Crippen LogP contribution in [0.1, 0.15) is 31.4 Å². The average molecular weight is 225 g/mol. The van der Waals surface area contributed by atoms with Crippen molar-refractivity contribution in [1.82, 2.24) is 5.32 Å². The molecule has 2 heterocycles. The Morgan fingerprint density at radius 1 is 1.67 bits per heavy atom. The molecule has 0 bridgehead atoms. The summed E-state index contributed by atoms with van der Waals surface area (Å²) in [6, 6.07) is 2.66. The topological polar surface area (TPSA) is 21.3 Å². The van der Waals surface area contributed by atoms with Gasteiger partial charge in [0.1, 0.15) is 0 Å². The van der Waals surface area contributed by atoms with Crippen molar-refractivity contribution in [3.8, 4) is 0 Å². The average Bonchev–Trinajstić information content (AvgIpc) is 2.81. The smallest absolute Gasteiger partial charge is 0.0506 e. The molecule has 1 N–H and O–H groups in total. The van der Waals surface area contributed by atoms with Crippen molar-refractivity contribution in [3.63, 3.8) is 0 Å². The lowest BCUT2D eigenvalue weighted by Gasteiger charge is -2.24. The molecule has 2 nitrogen and oxygen atoms in total. The lowest BCUT2D eigenvalue weighted by atomic mass is 10.0. The molecule has 15 heavy (non-hydrogen) atoms. The quantitative estimate of drug-likeness (QED) is 0.851. The zero-order chi connectivity index (χ0) is 10.5. The maximum absolute atomic E-state index is 5.47. The largest absolute Gasteiger partial charge is 0.381 e. The summed E-state index contributed by atoms with van der Waals surface area (Å²) >= 11 is 1.76. The van der Waals surface area contributed by atoms with Gasteiger partial charge in [-0.1, -0.05) is 0 Å². The van der Waals surface area contributed by atoms with Crippen LogP contribution in [0.2, 0.25) is 0 Å². The van der Waals surface area contributed by atoms with Gasteiger partial charge >= 0.3 is 0 Å². The first-order valence-electron chi connectivity index (χ1n) is 5.69. The van der Waals surface area contributed by atoms with E-state index in [9.17, 15) is 0 Å². The molecule has 1 aliphatic rings. The molecule has 0 radical (unpaired) electrons. The fourth-order valence-electron chi connectivity index (χ4n) is 1.95. The standard InChI is InChI=1S/C12H19NOS/c1-10(12-4-6-15-9-12)13-7-11-3-2-5-14-8-11/h4,6,9-11,13H,2-3,5,7-8H2,1H3. The van der Waals surface area contributed by atoms with Gasteiger partial charge in [-0.25, -0.2) is 0 Å². The normalized spacial score (nSPS) is 23.9. The summed E-state index contributed by atoms with van der Waals surface area (Å²) < 4.78 is 5.47. The fourth-order valence-corrected chi connectivity index (χ4v) is 2.71. The van der Waals surface area contributed by atoms with Gasteiger partial charge in [0.05, 0.1) is 6.61 Å². The molecule has 0 aliphatic carbocycles. The summed E-state index contributed by atoms with van der Waals surface area (Å²) in [5.41, 5.74) is 1.40. The molecule has 1 aliphatic heterocycles. The molecule has 1 aromatic heterocycles. The van der Waals surface area contributed by atoms with Gasteiger partial charge in [0.2, 0.25) is 0 Å². The maximum Gasteiger partial charge on any atom is 0.0506 e. The van der Waals surface area contributed by atoms with Gasteiger partial charge in [0.25, 0.3) is 0 Å². The van der Waals surface area contributed by atoms with Crippen molar-refractivity contribution in [3.05, 3.63) is 22.4 Å². The first-order chi connectivity index (χ1) is 7.36. The summed E-state index contributed by atoms with van der Waals surface area (Å²) in [7, 11) is 0. The van der Waals surface area contributed by atoms with E-state index < -0.39 is 0 Å². The monoisotopic (exact) mass is 225 g/mol. The summed E-state index contributed by atoms with van der Waals surface area (Å²) in [5.74, 6) is 0.708. The third-order valence-corrected chi connectivity index (χ3v) is 3.71. The second-order valence-electron chi connectivity index (χ2n) is 4.27. The van der Waals surface area contributed by atoms with E-state index in [-0.39, 0.29) is 0 Å². The highest BCUT2D eigenvalue weighted by Gasteiger charge is 2.14. The fraction of sp³-hybridized carbons (Fsp3) is 0.667. The van der Waals surface area contributed by atoms with Gasteiger partial charge < -0.3 is 10.1 Å². The molecule has 1 saturated heterocycles. The molecule has 1 fully saturated rings. The maximum atomic E-state index is 5.47. The van der Waals surface area contributed by atoms with Crippen LogP contribution < -0.4 is 5.32 Å². The van der Waals surface area contributed by atoms with E-state index in [4.69, 9.17) is 4.74 Å². The van der Waals surface area contributed by atoms with Crippen LogP contribution in [0.15, 0.2) is 16.8 Å². The van der Waals surface area contributed by atoms with Crippen molar-refractivity contribution in [2.45, 2.75) is 25.8 Å². The van der Waals surface area contributed by atoms with Crippen LogP contribution in [-0.4, -0.2) is 19.8 Å². The first-order valence-corrected chi connectivity index (χ1v) is 6.64. The lowest BCUT2D eigenvalue weighted by Crippen LogP contribution is -2.30. The molecule has 0 aromatic carbocycles. The van der Waals surface area contributed by atoms with Gasteiger partial charge in [-0.15, -0.1) is 0 Å². The van der Waals surface area contributed by atoms with Crippen LogP contribution in [-0.2, 0) is 4.74 Å². The SMILES string of the molecule is CC(NCC1CCCOC1)c1ccsc1.